The SMILES string of the molecule is CN(CC(O)c1ccc2ccccc2c1)C1CC1. The first kappa shape index (κ1) is 11.7. The number of likely N-dealkylation sites (N-methyl/N-ethyl adjacent to an activating group) is 1. The Hall–Kier alpha value is -1.38. The highest BCUT2D eigenvalue weighted by Crippen LogP contribution is 2.28. The minimum absolute atomic E-state index is 0.389. The van der Waals surface area contributed by atoms with Crippen LogP contribution in [0, 0.1) is 0 Å². The Kier molecular flexibility index (Phi) is 3.06. The molecule has 2 aromatic rings. The van der Waals surface area contributed by atoms with Crippen molar-refractivity contribution < 1.29 is 5.11 Å². The fourth-order valence-electron chi connectivity index (χ4n) is 2.46. The maximum absolute atomic E-state index is 10.3. The fourth-order valence-corrected chi connectivity index (χ4v) is 2.46. The Morgan fingerprint density at radius 3 is 2.61 bits per heavy atom. The van der Waals surface area contributed by atoms with Crippen molar-refractivity contribution in [1.82, 2.24) is 4.90 Å². The van der Waals surface area contributed by atoms with E-state index in [4.69, 9.17) is 0 Å². The van der Waals surface area contributed by atoms with Crippen molar-refractivity contribution in [1.29, 1.82) is 0 Å². The lowest BCUT2D eigenvalue weighted by Crippen LogP contribution is -2.26. The van der Waals surface area contributed by atoms with Gasteiger partial charge in [0, 0.05) is 12.6 Å². The molecule has 0 aromatic heterocycles. The summed E-state index contributed by atoms with van der Waals surface area (Å²) in [6.07, 6.45) is 2.17. The predicted octanol–water partition coefficient (Wildman–Crippen LogP) is 2.97. The van der Waals surface area contributed by atoms with Crippen LogP contribution in [0.3, 0.4) is 0 Å². The summed E-state index contributed by atoms with van der Waals surface area (Å²) in [6.45, 7) is 0.725. The number of hydrogen-bond donors (Lipinski definition) is 1. The van der Waals surface area contributed by atoms with Crippen LogP contribution in [0.15, 0.2) is 42.5 Å². The number of aliphatic hydroxyl groups is 1. The van der Waals surface area contributed by atoms with Crippen molar-refractivity contribution in [2.45, 2.75) is 25.0 Å². The molecular weight excluding hydrogens is 222 g/mol. The van der Waals surface area contributed by atoms with Crippen molar-refractivity contribution in [3.8, 4) is 0 Å². The average Bonchev–Trinajstić information content (AvgIpc) is 3.22. The molecule has 2 heteroatoms. The lowest BCUT2D eigenvalue weighted by Gasteiger charge is -2.20. The predicted molar refractivity (Wildman–Crippen MR) is 74.6 cm³/mol. The van der Waals surface area contributed by atoms with E-state index in [1.165, 1.54) is 23.6 Å². The number of hydrogen-bond acceptors (Lipinski definition) is 2. The van der Waals surface area contributed by atoms with Crippen molar-refractivity contribution in [2.24, 2.45) is 0 Å². The zero-order valence-corrected chi connectivity index (χ0v) is 10.7. The minimum atomic E-state index is -0.389. The molecule has 3 rings (SSSR count). The maximum atomic E-state index is 10.3. The molecule has 2 aromatic carbocycles. The molecule has 0 bridgehead atoms. The Morgan fingerprint density at radius 2 is 1.89 bits per heavy atom. The molecule has 2 nitrogen and oxygen atoms in total. The molecule has 94 valence electrons. The number of fused-ring (bicyclic) bond motifs is 1. The number of aliphatic hydroxyl groups excluding tert-OH is 1. The summed E-state index contributed by atoms with van der Waals surface area (Å²) in [5, 5.41) is 12.7. The minimum Gasteiger partial charge on any atom is -0.387 e. The van der Waals surface area contributed by atoms with E-state index in [0.29, 0.717) is 6.04 Å². The Labute approximate surface area is 108 Å². The summed E-state index contributed by atoms with van der Waals surface area (Å²) < 4.78 is 0. The van der Waals surface area contributed by atoms with E-state index in [-0.39, 0.29) is 6.10 Å². The van der Waals surface area contributed by atoms with Crippen LogP contribution in [-0.4, -0.2) is 29.6 Å². The zero-order valence-electron chi connectivity index (χ0n) is 10.7. The van der Waals surface area contributed by atoms with Crippen LogP contribution < -0.4 is 0 Å². The lowest BCUT2D eigenvalue weighted by atomic mass is 10.0. The van der Waals surface area contributed by atoms with Crippen LogP contribution in [0.25, 0.3) is 10.8 Å². The quantitative estimate of drug-likeness (QED) is 0.889. The summed E-state index contributed by atoms with van der Waals surface area (Å²) in [5.74, 6) is 0. The van der Waals surface area contributed by atoms with Gasteiger partial charge < -0.3 is 10.0 Å². The topological polar surface area (TPSA) is 23.5 Å². The first-order chi connectivity index (χ1) is 8.74. The van der Waals surface area contributed by atoms with Crippen molar-refractivity contribution >= 4 is 10.8 Å². The lowest BCUT2D eigenvalue weighted by molar-refractivity contribution is 0.123. The molecule has 1 aliphatic rings. The molecule has 0 saturated heterocycles. The van der Waals surface area contributed by atoms with E-state index >= 15 is 0 Å². The fraction of sp³-hybridized carbons (Fsp3) is 0.375. The van der Waals surface area contributed by atoms with Crippen LogP contribution in [-0.2, 0) is 0 Å². The van der Waals surface area contributed by atoms with Gasteiger partial charge in [0.15, 0.2) is 0 Å². The average molecular weight is 241 g/mol. The Bertz CT molecular complexity index is 548. The zero-order chi connectivity index (χ0) is 12.5. The molecular formula is C16H19NO. The monoisotopic (exact) mass is 241 g/mol. The van der Waals surface area contributed by atoms with Gasteiger partial charge in [0.2, 0.25) is 0 Å². The first-order valence-electron chi connectivity index (χ1n) is 6.61. The van der Waals surface area contributed by atoms with Gasteiger partial charge in [-0.25, -0.2) is 0 Å². The van der Waals surface area contributed by atoms with Crippen LogP contribution in [0.4, 0.5) is 0 Å². The highest BCUT2D eigenvalue weighted by atomic mass is 16.3. The second-order valence-corrected chi connectivity index (χ2v) is 5.29. The van der Waals surface area contributed by atoms with Gasteiger partial charge in [-0.05, 0) is 42.3 Å². The molecule has 0 heterocycles. The Morgan fingerprint density at radius 1 is 1.17 bits per heavy atom. The van der Waals surface area contributed by atoms with E-state index in [1.54, 1.807) is 0 Å². The van der Waals surface area contributed by atoms with E-state index in [1.807, 2.05) is 18.2 Å². The molecule has 0 aliphatic heterocycles. The number of benzene rings is 2. The number of nitrogens with zero attached hydrogens (tertiary/aromatic N) is 1. The molecule has 1 atom stereocenters. The van der Waals surface area contributed by atoms with E-state index in [2.05, 4.69) is 36.2 Å². The Balaban J connectivity index is 1.79. The molecule has 1 fully saturated rings. The van der Waals surface area contributed by atoms with Gasteiger partial charge in [-0.15, -0.1) is 0 Å². The standard InChI is InChI=1S/C16H19NO/c1-17(15-8-9-15)11-16(18)14-7-6-12-4-2-3-5-13(12)10-14/h2-7,10,15-16,18H,8-9,11H2,1H3. The van der Waals surface area contributed by atoms with Gasteiger partial charge in [-0.1, -0.05) is 36.4 Å². The van der Waals surface area contributed by atoms with Gasteiger partial charge >= 0.3 is 0 Å². The molecule has 1 N–H and O–H groups in total. The summed E-state index contributed by atoms with van der Waals surface area (Å²) in [4.78, 5) is 2.26. The smallest absolute Gasteiger partial charge is 0.0917 e. The molecule has 1 aliphatic carbocycles. The number of rotatable bonds is 4. The molecule has 1 saturated carbocycles. The van der Waals surface area contributed by atoms with Crippen molar-refractivity contribution in [3.63, 3.8) is 0 Å². The van der Waals surface area contributed by atoms with Gasteiger partial charge in [0.1, 0.15) is 0 Å². The van der Waals surface area contributed by atoms with Crippen molar-refractivity contribution in [3.05, 3.63) is 48.0 Å². The maximum Gasteiger partial charge on any atom is 0.0917 e. The molecule has 0 amide bonds. The van der Waals surface area contributed by atoms with Crippen molar-refractivity contribution in [2.75, 3.05) is 13.6 Å². The van der Waals surface area contributed by atoms with Crippen LogP contribution in [0.2, 0.25) is 0 Å². The van der Waals surface area contributed by atoms with Gasteiger partial charge in [0.05, 0.1) is 6.10 Å². The summed E-state index contributed by atoms with van der Waals surface area (Å²) in [7, 11) is 2.10. The van der Waals surface area contributed by atoms with Gasteiger partial charge in [0.25, 0.3) is 0 Å². The molecule has 1 unspecified atom stereocenters. The van der Waals surface area contributed by atoms with Crippen LogP contribution in [0.1, 0.15) is 24.5 Å². The summed E-state index contributed by atoms with van der Waals surface area (Å²) in [6, 6.07) is 15.2. The van der Waals surface area contributed by atoms with Gasteiger partial charge in [-0.2, -0.15) is 0 Å². The van der Waals surface area contributed by atoms with Crippen LogP contribution >= 0.6 is 0 Å². The van der Waals surface area contributed by atoms with E-state index < -0.39 is 0 Å². The van der Waals surface area contributed by atoms with E-state index in [0.717, 1.165) is 12.1 Å². The van der Waals surface area contributed by atoms with E-state index in [9.17, 15) is 5.11 Å². The third-order valence-corrected chi connectivity index (χ3v) is 3.79. The van der Waals surface area contributed by atoms with Crippen LogP contribution in [0.5, 0.6) is 0 Å². The molecule has 0 radical (unpaired) electrons. The molecule has 18 heavy (non-hydrogen) atoms. The third-order valence-electron chi connectivity index (χ3n) is 3.79. The first-order valence-corrected chi connectivity index (χ1v) is 6.61. The second-order valence-electron chi connectivity index (χ2n) is 5.29. The normalized spacial score (nSPS) is 17.3. The third kappa shape index (κ3) is 2.40. The van der Waals surface area contributed by atoms with Gasteiger partial charge in [-0.3, -0.25) is 0 Å². The second kappa shape index (κ2) is 4.71. The molecule has 0 spiro atoms. The largest absolute Gasteiger partial charge is 0.387 e. The highest BCUT2D eigenvalue weighted by molar-refractivity contribution is 5.83. The highest BCUT2D eigenvalue weighted by Gasteiger charge is 2.27. The summed E-state index contributed by atoms with van der Waals surface area (Å²) in [5.41, 5.74) is 1.02. The summed E-state index contributed by atoms with van der Waals surface area (Å²) >= 11 is 0.